The van der Waals surface area contributed by atoms with Crippen LogP contribution in [-0.4, -0.2) is 11.1 Å². The highest BCUT2D eigenvalue weighted by atomic mass is 32.2. The molecule has 0 unspecified atom stereocenters. The van der Waals surface area contributed by atoms with Gasteiger partial charge >= 0.3 is 5.97 Å². The minimum atomic E-state index is -0.837. The molecule has 1 N–H and O–H groups in total. The van der Waals surface area contributed by atoms with Crippen LogP contribution in [0.2, 0.25) is 0 Å². The molecule has 1 heterocycles. The fourth-order valence-corrected chi connectivity index (χ4v) is 3.92. The van der Waals surface area contributed by atoms with Crippen LogP contribution < -0.4 is 0 Å². The average Bonchev–Trinajstić information content (AvgIpc) is 2.76. The van der Waals surface area contributed by atoms with E-state index in [1.165, 1.54) is 28.0 Å². The van der Waals surface area contributed by atoms with E-state index in [0.717, 1.165) is 16.4 Å². The zero-order valence-electron chi connectivity index (χ0n) is 11.0. The zero-order valence-corrected chi connectivity index (χ0v) is 12.6. The van der Waals surface area contributed by atoms with Crippen molar-refractivity contribution in [1.82, 2.24) is 0 Å². The normalized spacial score (nSPS) is 10.6. The molecule has 1 aromatic heterocycles. The molecule has 0 aliphatic heterocycles. The molecule has 0 bridgehead atoms. The van der Waals surface area contributed by atoms with E-state index in [1.54, 1.807) is 6.07 Å². The van der Waals surface area contributed by atoms with Crippen LogP contribution in [0, 0.1) is 13.8 Å². The lowest BCUT2D eigenvalue weighted by molar-refractivity contribution is 0.0702. The summed E-state index contributed by atoms with van der Waals surface area (Å²) >= 11 is 3.18. The molecule has 0 aliphatic rings. The number of carboxylic acid groups (broad SMARTS) is 1. The van der Waals surface area contributed by atoms with Gasteiger partial charge < -0.3 is 5.11 Å². The number of carboxylic acids is 1. The van der Waals surface area contributed by atoms with Crippen LogP contribution >= 0.6 is 23.1 Å². The van der Waals surface area contributed by atoms with Gasteiger partial charge in [-0.1, -0.05) is 29.3 Å². The van der Waals surface area contributed by atoms with Gasteiger partial charge in [0.1, 0.15) is 4.88 Å². The van der Waals surface area contributed by atoms with Gasteiger partial charge in [0, 0.05) is 16.4 Å². The Balaban J connectivity index is 1.90. The van der Waals surface area contributed by atoms with E-state index < -0.39 is 5.97 Å². The molecule has 0 atom stereocenters. The number of aryl methyl sites for hydroxylation is 2. The van der Waals surface area contributed by atoms with E-state index in [9.17, 15) is 4.79 Å². The molecular formula is C15H16O2S2. The molecule has 1 aromatic carbocycles. The Kier molecular flexibility index (Phi) is 4.66. The van der Waals surface area contributed by atoms with Gasteiger partial charge in [-0.25, -0.2) is 4.79 Å². The minimum Gasteiger partial charge on any atom is -0.477 e. The second-order valence-corrected chi connectivity index (χ2v) is 6.71. The standard InChI is InChI=1S/C15H16O2S2/c1-10-5-11(2)7-12(6-10)8-18-9-13-3-4-14(19-13)15(16)17/h3-7H,8-9H2,1-2H3,(H,16,17). The summed E-state index contributed by atoms with van der Waals surface area (Å²) in [5, 5.41) is 8.87. The number of rotatable bonds is 5. The lowest BCUT2D eigenvalue weighted by atomic mass is 10.1. The molecule has 0 fully saturated rings. The number of thioether (sulfide) groups is 1. The monoisotopic (exact) mass is 292 g/mol. The Morgan fingerprint density at radius 3 is 2.42 bits per heavy atom. The summed E-state index contributed by atoms with van der Waals surface area (Å²) in [6, 6.07) is 10.2. The molecule has 0 amide bonds. The zero-order chi connectivity index (χ0) is 13.8. The van der Waals surface area contributed by atoms with Crippen LogP contribution in [0.25, 0.3) is 0 Å². The highest BCUT2D eigenvalue weighted by Crippen LogP contribution is 2.24. The van der Waals surface area contributed by atoms with Crippen molar-refractivity contribution >= 4 is 29.1 Å². The summed E-state index contributed by atoms with van der Waals surface area (Å²) in [6.07, 6.45) is 0. The second-order valence-electron chi connectivity index (χ2n) is 4.56. The lowest BCUT2D eigenvalue weighted by Gasteiger charge is -2.04. The van der Waals surface area contributed by atoms with E-state index in [2.05, 4.69) is 32.0 Å². The minimum absolute atomic E-state index is 0.419. The van der Waals surface area contributed by atoms with Crippen LogP contribution in [-0.2, 0) is 11.5 Å². The quantitative estimate of drug-likeness (QED) is 0.881. The van der Waals surface area contributed by atoms with Crippen molar-refractivity contribution in [2.75, 3.05) is 0 Å². The van der Waals surface area contributed by atoms with Crippen molar-refractivity contribution in [2.24, 2.45) is 0 Å². The summed E-state index contributed by atoms with van der Waals surface area (Å²) in [6.45, 7) is 4.22. The van der Waals surface area contributed by atoms with Crippen LogP contribution in [0.4, 0.5) is 0 Å². The van der Waals surface area contributed by atoms with Gasteiger partial charge in [0.05, 0.1) is 0 Å². The topological polar surface area (TPSA) is 37.3 Å². The SMILES string of the molecule is Cc1cc(C)cc(CSCc2ccc(C(=O)O)s2)c1. The number of benzene rings is 1. The average molecular weight is 292 g/mol. The Morgan fingerprint density at radius 1 is 1.16 bits per heavy atom. The fourth-order valence-electron chi connectivity index (χ4n) is 1.99. The van der Waals surface area contributed by atoms with Gasteiger partial charge in [0.15, 0.2) is 0 Å². The van der Waals surface area contributed by atoms with Crippen molar-refractivity contribution in [1.29, 1.82) is 0 Å². The smallest absolute Gasteiger partial charge is 0.345 e. The molecule has 2 aromatic rings. The molecule has 0 radical (unpaired) electrons. The maximum atomic E-state index is 10.8. The van der Waals surface area contributed by atoms with E-state index in [-0.39, 0.29) is 0 Å². The van der Waals surface area contributed by atoms with E-state index >= 15 is 0 Å². The molecule has 0 spiro atoms. The molecule has 4 heteroatoms. The van der Waals surface area contributed by atoms with Gasteiger partial charge in [0.25, 0.3) is 0 Å². The molecule has 0 saturated heterocycles. The highest BCUT2D eigenvalue weighted by molar-refractivity contribution is 7.97. The van der Waals surface area contributed by atoms with E-state index in [0.29, 0.717) is 4.88 Å². The second kappa shape index (κ2) is 6.26. The summed E-state index contributed by atoms with van der Waals surface area (Å²) in [5.41, 5.74) is 3.91. The molecular weight excluding hydrogens is 276 g/mol. The largest absolute Gasteiger partial charge is 0.477 e. The van der Waals surface area contributed by atoms with E-state index in [1.807, 2.05) is 17.8 Å². The maximum absolute atomic E-state index is 10.8. The van der Waals surface area contributed by atoms with Crippen LogP contribution in [0.3, 0.4) is 0 Å². The molecule has 0 aliphatic carbocycles. The maximum Gasteiger partial charge on any atom is 0.345 e. The third kappa shape index (κ3) is 4.11. The number of hydrogen-bond donors (Lipinski definition) is 1. The van der Waals surface area contributed by atoms with Crippen molar-refractivity contribution in [3.05, 3.63) is 56.8 Å². The summed E-state index contributed by atoms with van der Waals surface area (Å²) in [7, 11) is 0. The van der Waals surface area contributed by atoms with Gasteiger partial charge in [-0.2, -0.15) is 11.8 Å². The first-order valence-corrected chi connectivity index (χ1v) is 7.98. The Bertz CT molecular complexity index is 567. The number of carbonyl (C=O) groups is 1. The molecule has 2 rings (SSSR count). The molecule has 19 heavy (non-hydrogen) atoms. The van der Waals surface area contributed by atoms with Crippen molar-refractivity contribution in [3.63, 3.8) is 0 Å². The van der Waals surface area contributed by atoms with Crippen molar-refractivity contribution in [3.8, 4) is 0 Å². The third-order valence-corrected chi connectivity index (χ3v) is 4.98. The predicted molar refractivity (Wildman–Crippen MR) is 82.2 cm³/mol. The first-order valence-electron chi connectivity index (χ1n) is 6.01. The molecule has 2 nitrogen and oxygen atoms in total. The molecule has 100 valence electrons. The highest BCUT2D eigenvalue weighted by Gasteiger charge is 2.06. The summed E-state index contributed by atoms with van der Waals surface area (Å²) in [4.78, 5) is 12.3. The van der Waals surface area contributed by atoms with Gasteiger partial charge in [-0.05, 0) is 31.5 Å². The number of thiophene rings is 1. The molecule has 0 saturated carbocycles. The van der Waals surface area contributed by atoms with Crippen molar-refractivity contribution in [2.45, 2.75) is 25.4 Å². The first-order chi connectivity index (χ1) is 9.04. The summed E-state index contributed by atoms with van der Waals surface area (Å²) in [5.74, 6) is 0.990. The fraction of sp³-hybridized carbons (Fsp3) is 0.267. The van der Waals surface area contributed by atoms with E-state index in [4.69, 9.17) is 5.11 Å². The van der Waals surface area contributed by atoms with Crippen LogP contribution in [0.5, 0.6) is 0 Å². The first kappa shape index (κ1) is 14.2. The third-order valence-electron chi connectivity index (χ3n) is 2.67. The predicted octanol–water partition coefficient (Wildman–Crippen LogP) is 4.50. The van der Waals surface area contributed by atoms with Crippen LogP contribution in [0.1, 0.15) is 31.2 Å². The Labute approximate surface area is 121 Å². The van der Waals surface area contributed by atoms with Crippen LogP contribution in [0.15, 0.2) is 30.3 Å². The number of hydrogen-bond acceptors (Lipinski definition) is 3. The Hall–Kier alpha value is -1.26. The lowest BCUT2D eigenvalue weighted by Crippen LogP contribution is -1.89. The summed E-state index contributed by atoms with van der Waals surface area (Å²) < 4.78 is 0. The number of aromatic carboxylic acids is 1. The van der Waals surface area contributed by atoms with Gasteiger partial charge in [0.2, 0.25) is 0 Å². The Morgan fingerprint density at radius 2 is 1.84 bits per heavy atom. The van der Waals surface area contributed by atoms with Gasteiger partial charge in [-0.15, -0.1) is 11.3 Å². The van der Waals surface area contributed by atoms with Crippen molar-refractivity contribution < 1.29 is 9.90 Å². The van der Waals surface area contributed by atoms with Gasteiger partial charge in [-0.3, -0.25) is 0 Å².